The van der Waals surface area contributed by atoms with Crippen molar-refractivity contribution in [1.29, 1.82) is 0 Å². The summed E-state index contributed by atoms with van der Waals surface area (Å²) in [6, 6.07) is -0.432. The lowest BCUT2D eigenvalue weighted by atomic mass is 10.2. The molecular formula is C10H13ClN6O. The van der Waals surface area contributed by atoms with Crippen molar-refractivity contribution in [3.05, 3.63) is 23.2 Å². The third-order valence-corrected chi connectivity index (χ3v) is 2.83. The average molecular weight is 269 g/mol. The fraction of sp³-hybridized carbons (Fsp3) is 0.500. The van der Waals surface area contributed by atoms with Crippen LogP contribution in [0, 0.1) is 0 Å². The number of hydrogen-bond donors (Lipinski definition) is 0. The van der Waals surface area contributed by atoms with Crippen LogP contribution in [-0.2, 0) is 6.42 Å². The van der Waals surface area contributed by atoms with Crippen LogP contribution in [0.3, 0.4) is 0 Å². The molecule has 0 atom stereocenters. The molecule has 0 aliphatic rings. The molecule has 0 aromatic carbocycles. The zero-order valence-corrected chi connectivity index (χ0v) is 10.7. The molecule has 0 spiro atoms. The topological polar surface area (TPSA) is 78.5 Å². The molecule has 2 aromatic heterocycles. The summed E-state index contributed by atoms with van der Waals surface area (Å²) in [4.78, 5) is 12.0. The third kappa shape index (κ3) is 2.56. The van der Waals surface area contributed by atoms with E-state index in [4.69, 9.17) is 11.6 Å². The number of rotatable bonds is 4. The first-order valence-electron chi connectivity index (χ1n) is 5.75. The summed E-state index contributed by atoms with van der Waals surface area (Å²) in [5.74, 6) is 0. The lowest BCUT2D eigenvalue weighted by Crippen LogP contribution is -2.23. The van der Waals surface area contributed by atoms with Crippen LogP contribution in [0.5, 0.6) is 0 Å². The Kier molecular flexibility index (Phi) is 4.03. The Morgan fingerprint density at radius 3 is 2.89 bits per heavy atom. The van der Waals surface area contributed by atoms with Crippen molar-refractivity contribution in [2.24, 2.45) is 0 Å². The Bertz CT molecular complexity index is 520. The highest BCUT2D eigenvalue weighted by Gasteiger charge is 2.18. The Hall–Kier alpha value is -1.76. The van der Waals surface area contributed by atoms with Gasteiger partial charge in [-0.2, -0.15) is 9.36 Å². The summed E-state index contributed by atoms with van der Waals surface area (Å²) in [6.07, 6.45) is 6.64. The predicted octanol–water partition coefficient (Wildman–Crippen LogP) is 1.77. The molecule has 0 N–H and O–H groups in total. The molecule has 0 aliphatic heterocycles. The highest BCUT2D eigenvalue weighted by atomic mass is 35.5. The van der Waals surface area contributed by atoms with Crippen molar-refractivity contribution in [3.8, 4) is 0 Å². The van der Waals surface area contributed by atoms with Crippen LogP contribution < -0.4 is 0 Å². The van der Waals surface area contributed by atoms with E-state index in [9.17, 15) is 4.79 Å². The van der Waals surface area contributed by atoms with Gasteiger partial charge in [0, 0.05) is 0 Å². The van der Waals surface area contributed by atoms with Gasteiger partial charge in [0.05, 0.1) is 18.1 Å². The van der Waals surface area contributed by atoms with Crippen LogP contribution in [-0.4, -0.2) is 36.0 Å². The fourth-order valence-electron chi connectivity index (χ4n) is 1.60. The number of halogens is 1. The number of hydrogen-bond acceptors (Lipinski definition) is 5. The highest BCUT2D eigenvalue weighted by Crippen LogP contribution is 2.15. The van der Waals surface area contributed by atoms with Gasteiger partial charge < -0.3 is 0 Å². The summed E-state index contributed by atoms with van der Waals surface area (Å²) in [5, 5.41) is 14.9. The summed E-state index contributed by atoms with van der Waals surface area (Å²) in [6.45, 7) is 2.11. The fourth-order valence-corrected chi connectivity index (χ4v) is 1.80. The van der Waals surface area contributed by atoms with Gasteiger partial charge in [0.15, 0.2) is 5.15 Å². The second kappa shape index (κ2) is 5.72. The molecule has 2 heterocycles. The van der Waals surface area contributed by atoms with Gasteiger partial charge in [-0.05, 0) is 12.8 Å². The molecule has 0 fully saturated rings. The average Bonchev–Trinajstić information content (AvgIpc) is 3.00. The van der Waals surface area contributed by atoms with Gasteiger partial charge in [0.2, 0.25) is 0 Å². The quantitative estimate of drug-likeness (QED) is 0.790. The molecule has 0 radical (unpaired) electrons. The van der Waals surface area contributed by atoms with E-state index in [0.717, 1.165) is 23.9 Å². The van der Waals surface area contributed by atoms with Gasteiger partial charge in [0.25, 0.3) is 0 Å². The summed E-state index contributed by atoms with van der Waals surface area (Å²) in [7, 11) is 0. The first kappa shape index (κ1) is 12.7. The second-order valence-corrected chi connectivity index (χ2v) is 4.18. The molecule has 0 unspecified atom stereocenters. The number of unbranched alkanes of at least 4 members (excludes halogenated alkanes) is 2. The van der Waals surface area contributed by atoms with Crippen LogP contribution in [0.15, 0.2) is 12.4 Å². The zero-order valence-electron chi connectivity index (χ0n) is 9.95. The molecule has 96 valence electrons. The maximum atomic E-state index is 12.0. The van der Waals surface area contributed by atoms with Crippen molar-refractivity contribution in [2.45, 2.75) is 32.6 Å². The van der Waals surface area contributed by atoms with Gasteiger partial charge in [0.1, 0.15) is 0 Å². The normalized spacial score (nSPS) is 10.8. The van der Waals surface area contributed by atoms with E-state index in [2.05, 4.69) is 27.5 Å². The summed E-state index contributed by atoms with van der Waals surface area (Å²) < 4.78 is 2.26. The van der Waals surface area contributed by atoms with Crippen LogP contribution >= 0.6 is 11.6 Å². The maximum absolute atomic E-state index is 12.0. The number of carbonyl (C=O) groups excluding carboxylic acids is 1. The number of aromatic nitrogens is 6. The van der Waals surface area contributed by atoms with Gasteiger partial charge in [-0.1, -0.05) is 41.8 Å². The minimum Gasteiger partial charge on any atom is -0.243 e. The minimum atomic E-state index is -0.432. The predicted molar refractivity (Wildman–Crippen MR) is 64.5 cm³/mol. The lowest BCUT2D eigenvalue weighted by Gasteiger charge is -2.04. The first-order valence-corrected chi connectivity index (χ1v) is 6.13. The van der Waals surface area contributed by atoms with Gasteiger partial charge in [-0.25, -0.2) is 4.79 Å². The van der Waals surface area contributed by atoms with Gasteiger partial charge in [-0.15, -0.1) is 10.2 Å². The Morgan fingerprint density at radius 2 is 2.22 bits per heavy atom. The van der Waals surface area contributed by atoms with E-state index in [0.29, 0.717) is 12.1 Å². The third-order valence-electron chi connectivity index (χ3n) is 2.53. The van der Waals surface area contributed by atoms with E-state index >= 15 is 0 Å². The number of nitrogens with zero attached hydrogens (tertiary/aromatic N) is 6. The summed E-state index contributed by atoms with van der Waals surface area (Å²) >= 11 is 5.94. The van der Waals surface area contributed by atoms with Crippen LogP contribution in [0.4, 0.5) is 4.79 Å². The van der Waals surface area contributed by atoms with E-state index < -0.39 is 6.03 Å². The largest absolute Gasteiger partial charge is 0.372 e. The first-order chi connectivity index (χ1) is 8.74. The molecular weight excluding hydrogens is 256 g/mol. The minimum absolute atomic E-state index is 0.263. The molecule has 0 aliphatic carbocycles. The Balaban J connectivity index is 2.20. The van der Waals surface area contributed by atoms with Crippen molar-refractivity contribution < 1.29 is 4.79 Å². The second-order valence-electron chi connectivity index (χ2n) is 3.83. The highest BCUT2D eigenvalue weighted by molar-refractivity contribution is 6.30. The lowest BCUT2D eigenvalue weighted by molar-refractivity contribution is 0.236. The molecule has 0 saturated heterocycles. The van der Waals surface area contributed by atoms with Gasteiger partial charge in [-0.3, -0.25) is 0 Å². The standard InChI is InChI=1S/C10H13ClN6O/c1-2-3-4-5-8-9(11)13-15-17(8)10(18)16-7-6-12-14-16/h6-7H,2-5H2,1H3. The van der Waals surface area contributed by atoms with E-state index in [1.807, 2.05) is 0 Å². The van der Waals surface area contributed by atoms with Crippen molar-refractivity contribution in [2.75, 3.05) is 0 Å². The van der Waals surface area contributed by atoms with E-state index in [1.165, 1.54) is 17.1 Å². The molecule has 8 heteroatoms. The molecule has 0 bridgehead atoms. The zero-order chi connectivity index (χ0) is 13.0. The Morgan fingerprint density at radius 1 is 1.39 bits per heavy atom. The molecule has 0 amide bonds. The smallest absolute Gasteiger partial charge is 0.243 e. The van der Waals surface area contributed by atoms with Crippen molar-refractivity contribution in [3.63, 3.8) is 0 Å². The van der Waals surface area contributed by atoms with Gasteiger partial charge >= 0.3 is 6.03 Å². The monoisotopic (exact) mass is 268 g/mol. The van der Waals surface area contributed by atoms with Crippen LogP contribution in [0.2, 0.25) is 5.15 Å². The Labute approximate surface area is 109 Å². The van der Waals surface area contributed by atoms with Crippen LogP contribution in [0.25, 0.3) is 0 Å². The molecule has 2 aromatic rings. The SMILES string of the molecule is CCCCCc1c(Cl)nnn1C(=O)n1ccnn1. The molecule has 2 rings (SSSR count). The van der Waals surface area contributed by atoms with E-state index in [-0.39, 0.29) is 5.15 Å². The summed E-state index contributed by atoms with van der Waals surface area (Å²) in [5.41, 5.74) is 0.616. The molecule has 18 heavy (non-hydrogen) atoms. The maximum Gasteiger partial charge on any atom is 0.372 e. The van der Waals surface area contributed by atoms with E-state index in [1.54, 1.807) is 0 Å². The molecule has 7 nitrogen and oxygen atoms in total. The van der Waals surface area contributed by atoms with Crippen molar-refractivity contribution >= 4 is 17.6 Å². The van der Waals surface area contributed by atoms with Crippen LogP contribution in [0.1, 0.15) is 31.9 Å². The molecule has 0 saturated carbocycles. The number of carbonyl (C=O) groups is 1. The van der Waals surface area contributed by atoms with Crippen molar-refractivity contribution in [1.82, 2.24) is 30.0 Å².